The Balaban J connectivity index is 0.00000245. The summed E-state index contributed by atoms with van der Waals surface area (Å²) in [5.41, 5.74) is 6.10. The summed E-state index contributed by atoms with van der Waals surface area (Å²) in [4.78, 5) is 12.9. The van der Waals surface area contributed by atoms with Crippen molar-refractivity contribution < 1.29 is 17.9 Å². The van der Waals surface area contributed by atoms with E-state index in [9.17, 15) is 13.2 Å². The number of rotatable bonds is 6. The van der Waals surface area contributed by atoms with Crippen LogP contribution < -0.4 is 14.3 Å². The summed E-state index contributed by atoms with van der Waals surface area (Å²) >= 11 is 0. The number of amides is 2. The first-order valence-corrected chi connectivity index (χ1v) is 12.2. The molecule has 11 heteroatoms. The van der Waals surface area contributed by atoms with E-state index in [1.54, 1.807) is 13.2 Å². The third-order valence-corrected chi connectivity index (χ3v) is 7.72. The zero-order valence-corrected chi connectivity index (χ0v) is 18.4. The van der Waals surface area contributed by atoms with Crippen molar-refractivity contribution >= 4 is 57.2 Å². The van der Waals surface area contributed by atoms with Crippen LogP contribution >= 0.6 is 0 Å². The van der Waals surface area contributed by atoms with Crippen LogP contribution in [-0.4, -0.2) is 73.5 Å². The van der Waals surface area contributed by atoms with E-state index in [2.05, 4.69) is 21.2 Å². The molecule has 0 unspecified atom stereocenters. The molecule has 1 aliphatic heterocycles. The Morgan fingerprint density at radius 2 is 1.84 bits per heavy atom. The van der Waals surface area contributed by atoms with E-state index >= 15 is 0 Å². The van der Waals surface area contributed by atoms with Crippen molar-refractivity contribution in [2.24, 2.45) is 13.0 Å². The summed E-state index contributed by atoms with van der Waals surface area (Å²) in [6, 6.07) is 1.54. The molecule has 5 rings (SSSR count). The van der Waals surface area contributed by atoms with Crippen molar-refractivity contribution in [3.63, 3.8) is 0 Å². The van der Waals surface area contributed by atoms with Crippen LogP contribution in [0.25, 0.3) is 0 Å². The fourth-order valence-corrected chi connectivity index (χ4v) is 5.96. The van der Waals surface area contributed by atoms with E-state index in [-0.39, 0.29) is 42.0 Å². The summed E-state index contributed by atoms with van der Waals surface area (Å²) in [5.74, 6) is 0.0838. The Morgan fingerprint density at radius 3 is 2.38 bits per heavy atom. The van der Waals surface area contributed by atoms with Gasteiger partial charge in [-0.05, 0) is 60.8 Å². The zero-order valence-electron chi connectivity index (χ0n) is 17.6. The summed E-state index contributed by atoms with van der Waals surface area (Å²) < 4.78 is 36.5. The van der Waals surface area contributed by atoms with Crippen molar-refractivity contribution in [1.82, 2.24) is 14.5 Å². The number of aryl methyl sites for hydroxylation is 3. The van der Waals surface area contributed by atoms with Crippen molar-refractivity contribution in [3.8, 4) is 0 Å². The number of anilines is 2. The number of carbonyl (C=O) groups is 1. The number of aromatic nitrogens is 2. The van der Waals surface area contributed by atoms with E-state index in [0.717, 1.165) is 55.3 Å². The molecule has 0 spiro atoms. The topological polar surface area (TPSA) is 106 Å². The van der Waals surface area contributed by atoms with Gasteiger partial charge in [-0.1, -0.05) is 6.07 Å². The number of urea groups is 1. The molecule has 32 heavy (non-hydrogen) atoms. The van der Waals surface area contributed by atoms with Crippen LogP contribution in [0.3, 0.4) is 0 Å². The Hall–Kier alpha value is -1.59. The minimum atomic E-state index is -4.12. The van der Waals surface area contributed by atoms with Crippen LogP contribution in [0.15, 0.2) is 18.5 Å². The molecule has 2 N–H and O–H groups in total. The van der Waals surface area contributed by atoms with E-state index in [1.165, 1.54) is 26.3 Å². The number of hydrogen-bond acceptors (Lipinski definition) is 5. The number of carbonyl (C=O) groups excluding carboxylic acids is 1. The predicted octanol–water partition coefficient (Wildman–Crippen LogP) is 1.27. The fourth-order valence-electron chi connectivity index (χ4n) is 4.78. The standard InChI is InChI=1S/C21H27N5O4S.Na.H/c1-25-11-17(9-22-25)26(10-14-12-30-13-14)31(28,29)24-21(27)23-20-18-6-2-4-15(18)8-16-5-3-7-19(16)20;;/h8-9,11,14H,2-7,10,12-13H2,1H3,(H2,23,24,27);;. The quantitative estimate of drug-likeness (QED) is 0.620. The normalized spacial score (nSPS) is 17.2. The Bertz CT molecular complexity index is 1100. The molecule has 0 atom stereocenters. The van der Waals surface area contributed by atoms with Crippen molar-refractivity contribution in [3.05, 3.63) is 40.7 Å². The molecule has 0 saturated carbocycles. The monoisotopic (exact) mass is 469 g/mol. The number of fused-ring (bicyclic) bond motifs is 2. The predicted molar refractivity (Wildman–Crippen MR) is 124 cm³/mol. The molecule has 0 bridgehead atoms. The molecule has 2 aromatic rings. The molecular formula is C21H28N5NaO4S. The molecule has 9 nitrogen and oxygen atoms in total. The first-order chi connectivity index (χ1) is 14.9. The SMILES string of the molecule is Cn1cc(N(CC2COC2)S(=O)(=O)NC(=O)Nc2c3c(cc4c2CCC4)CCC3)cn1.[NaH]. The number of nitrogens with one attached hydrogen (secondary N) is 2. The van der Waals surface area contributed by atoms with Crippen LogP contribution in [-0.2, 0) is 47.7 Å². The summed E-state index contributed by atoms with van der Waals surface area (Å²) in [6.07, 6.45) is 9.06. The summed E-state index contributed by atoms with van der Waals surface area (Å²) in [7, 11) is -2.40. The Kier molecular flexibility index (Phi) is 6.88. The molecule has 1 saturated heterocycles. The molecule has 1 aromatic heterocycles. The van der Waals surface area contributed by atoms with E-state index in [4.69, 9.17) is 4.74 Å². The Morgan fingerprint density at radius 1 is 1.19 bits per heavy atom. The molecule has 1 aromatic carbocycles. The number of nitrogens with zero attached hydrogens (tertiary/aromatic N) is 3. The van der Waals surface area contributed by atoms with Gasteiger partial charge in [0, 0.05) is 31.4 Å². The molecule has 2 aliphatic carbocycles. The first kappa shape index (κ1) is 23.6. The average molecular weight is 470 g/mol. The van der Waals surface area contributed by atoms with Gasteiger partial charge in [-0.2, -0.15) is 13.5 Å². The zero-order chi connectivity index (χ0) is 21.6. The van der Waals surface area contributed by atoms with Gasteiger partial charge < -0.3 is 10.1 Å². The van der Waals surface area contributed by atoms with E-state index in [0.29, 0.717) is 18.9 Å². The van der Waals surface area contributed by atoms with Crippen LogP contribution in [0.5, 0.6) is 0 Å². The summed E-state index contributed by atoms with van der Waals surface area (Å²) in [5, 5.41) is 6.97. The minimum absolute atomic E-state index is 0. The second-order valence-corrected chi connectivity index (χ2v) is 10.2. The molecule has 2 heterocycles. The van der Waals surface area contributed by atoms with Crippen LogP contribution in [0.1, 0.15) is 35.1 Å². The van der Waals surface area contributed by atoms with Gasteiger partial charge in [-0.25, -0.2) is 13.8 Å². The van der Waals surface area contributed by atoms with Crippen molar-refractivity contribution in [1.29, 1.82) is 0 Å². The molecule has 3 aliphatic rings. The molecule has 1 fully saturated rings. The third-order valence-electron chi connectivity index (χ3n) is 6.33. The van der Waals surface area contributed by atoms with Crippen LogP contribution in [0, 0.1) is 5.92 Å². The second kappa shape index (κ2) is 9.34. The van der Waals surface area contributed by atoms with Gasteiger partial charge in [-0.3, -0.25) is 4.68 Å². The second-order valence-electron chi connectivity index (χ2n) is 8.60. The molecule has 0 radical (unpaired) electrons. The average Bonchev–Trinajstić information content (AvgIpc) is 3.40. The van der Waals surface area contributed by atoms with Crippen molar-refractivity contribution in [2.45, 2.75) is 38.5 Å². The molecule has 2 amide bonds. The Labute approximate surface area is 210 Å². The van der Waals surface area contributed by atoms with E-state index in [1.807, 2.05) is 0 Å². The van der Waals surface area contributed by atoms with Crippen LogP contribution in [0.4, 0.5) is 16.2 Å². The summed E-state index contributed by atoms with van der Waals surface area (Å²) in [6.45, 7) is 1.23. The molecule has 168 valence electrons. The first-order valence-electron chi connectivity index (χ1n) is 10.7. The third kappa shape index (κ3) is 4.56. The van der Waals surface area contributed by atoms with Crippen LogP contribution in [0.2, 0.25) is 0 Å². The van der Waals surface area contributed by atoms with Gasteiger partial charge in [-0.15, -0.1) is 0 Å². The van der Waals surface area contributed by atoms with Gasteiger partial charge in [0.2, 0.25) is 0 Å². The van der Waals surface area contributed by atoms with Gasteiger partial charge >= 0.3 is 45.8 Å². The van der Waals surface area contributed by atoms with Crippen molar-refractivity contribution in [2.75, 3.05) is 29.4 Å². The van der Waals surface area contributed by atoms with Gasteiger partial charge in [0.15, 0.2) is 0 Å². The number of ether oxygens (including phenoxy) is 1. The number of benzene rings is 1. The number of hydrogen-bond donors (Lipinski definition) is 2. The maximum atomic E-state index is 13.2. The van der Waals surface area contributed by atoms with Gasteiger partial charge in [0.1, 0.15) is 0 Å². The molecular weight excluding hydrogens is 441 g/mol. The van der Waals surface area contributed by atoms with Gasteiger partial charge in [0.05, 0.1) is 25.1 Å². The van der Waals surface area contributed by atoms with E-state index < -0.39 is 16.2 Å². The maximum absolute atomic E-state index is 13.2. The van der Waals surface area contributed by atoms with Gasteiger partial charge in [0.25, 0.3) is 0 Å². The fraction of sp³-hybridized carbons (Fsp3) is 0.524.